The molecule has 0 radical (unpaired) electrons. The van der Waals surface area contributed by atoms with Crippen molar-refractivity contribution in [3.63, 3.8) is 0 Å². The molecule has 3 rings (SSSR count). The molecular formula is C24H33N3O4. The molecule has 0 unspecified atom stereocenters. The number of amides is 1. The van der Waals surface area contributed by atoms with Gasteiger partial charge in [0.1, 0.15) is 0 Å². The van der Waals surface area contributed by atoms with Crippen LogP contribution >= 0.6 is 0 Å². The SMILES string of the molecule is COc1ccc(CN2CCN([C@@H](C)C(=O)Nc3cccc(C)c3)CC2)c(OC)c1OC. The van der Waals surface area contributed by atoms with E-state index in [4.69, 9.17) is 14.2 Å². The first-order valence-electron chi connectivity index (χ1n) is 10.6. The maximum Gasteiger partial charge on any atom is 0.241 e. The number of benzene rings is 2. The Morgan fingerprint density at radius 1 is 1.00 bits per heavy atom. The first-order chi connectivity index (χ1) is 15.0. The number of nitrogens with one attached hydrogen (secondary N) is 1. The van der Waals surface area contributed by atoms with E-state index in [2.05, 4.69) is 15.1 Å². The maximum atomic E-state index is 12.7. The largest absolute Gasteiger partial charge is 0.493 e. The second-order valence-corrected chi connectivity index (χ2v) is 7.84. The molecule has 31 heavy (non-hydrogen) atoms. The molecule has 7 nitrogen and oxygen atoms in total. The summed E-state index contributed by atoms with van der Waals surface area (Å²) in [5.41, 5.74) is 3.03. The number of aryl methyl sites for hydroxylation is 1. The van der Waals surface area contributed by atoms with Gasteiger partial charge < -0.3 is 19.5 Å². The number of carbonyl (C=O) groups is 1. The molecular weight excluding hydrogens is 394 g/mol. The highest BCUT2D eigenvalue weighted by molar-refractivity contribution is 5.94. The van der Waals surface area contributed by atoms with E-state index >= 15 is 0 Å². The van der Waals surface area contributed by atoms with Crippen LogP contribution in [0.4, 0.5) is 5.69 Å². The van der Waals surface area contributed by atoms with Gasteiger partial charge in [0.25, 0.3) is 0 Å². The van der Waals surface area contributed by atoms with Crippen LogP contribution < -0.4 is 19.5 Å². The van der Waals surface area contributed by atoms with Crippen LogP contribution in [-0.4, -0.2) is 69.3 Å². The van der Waals surface area contributed by atoms with E-state index in [1.165, 1.54) is 0 Å². The van der Waals surface area contributed by atoms with Crippen molar-refractivity contribution < 1.29 is 19.0 Å². The number of hydrogen-bond acceptors (Lipinski definition) is 6. The second kappa shape index (κ2) is 10.5. The average Bonchev–Trinajstić information content (AvgIpc) is 2.78. The summed E-state index contributed by atoms with van der Waals surface area (Å²) in [4.78, 5) is 17.3. The summed E-state index contributed by atoms with van der Waals surface area (Å²) in [6, 6.07) is 11.6. The van der Waals surface area contributed by atoms with Gasteiger partial charge in [0.05, 0.1) is 27.4 Å². The lowest BCUT2D eigenvalue weighted by Crippen LogP contribution is -2.52. The van der Waals surface area contributed by atoms with Crippen molar-refractivity contribution in [3.8, 4) is 17.2 Å². The van der Waals surface area contributed by atoms with Gasteiger partial charge in [-0.3, -0.25) is 14.6 Å². The predicted octanol–water partition coefficient (Wildman–Crippen LogP) is 3.17. The minimum Gasteiger partial charge on any atom is -0.493 e. The van der Waals surface area contributed by atoms with Crippen molar-refractivity contribution >= 4 is 11.6 Å². The van der Waals surface area contributed by atoms with E-state index in [1.807, 2.05) is 50.2 Å². The zero-order valence-corrected chi connectivity index (χ0v) is 19.1. The molecule has 1 aliphatic rings. The van der Waals surface area contributed by atoms with Gasteiger partial charge in [-0.25, -0.2) is 0 Å². The van der Waals surface area contributed by atoms with Gasteiger partial charge in [0.2, 0.25) is 11.7 Å². The molecule has 0 aliphatic carbocycles. The van der Waals surface area contributed by atoms with Crippen molar-refractivity contribution in [1.82, 2.24) is 9.80 Å². The van der Waals surface area contributed by atoms with E-state index in [9.17, 15) is 4.79 Å². The molecule has 1 heterocycles. The zero-order valence-electron chi connectivity index (χ0n) is 19.1. The Morgan fingerprint density at radius 3 is 2.32 bits per heavy atom. The molecule has 0 saturated carbocycles. The minimum absolute atomic E-state index is 0.0283. The van der Waals surface area contributed by atoms with Crippen LogP contribution in [0.3, 0.4) is 0 Å². The third-order valence-electron chi connectivity index (χ3n) is 5.80. The Labute approximate surface area is 184 Å². The second-order valence-electron chi connectivity index (χ2n) is 7.84. The van der Waals surface area contributed by atoms with E-state index < -0.39 is 0 Å². The molecule has 0 aromatic heterocycles. The number of ether oxygens (including phenoxy) is 3. The van der Waals surface area contributed by atoms with Crippen LogP contribution in [0.25, 0.3) is 0 Å². The summed E-state index contributed by atoms with van der Waals surface area (Å²) in [5, 5.41) is 3.03. The third kappa shape index (κ3) is 5.48. The number of carbonyl (C=O) groups excluding carboxylic acids is 1. The normalized spacial score (nSPS) is 15.9. The van der Waals surface area contributed by atoms with Gasteiger partial charge in [-0.2, -0.15) is 0 Å². The minimum atomic E-state index is -0.182. The molecule has 1 saturated heterocycles. The fourth-order valence-electron chi connectivity index (χ4n) is 3.97. The lowest BCUT2D eigenvalue weighted by atomic mass is 10.1. The first-order valence-corrected chi connectivity index (χ1v) is 10.6. The van der Waals surface area contributed by atoms with Gasteiger partial charge in [0.15, 0.2) is 11.5 Å². The number of rotatable bonds is 8. The molecule has 2 aromatic rings. The molecule has 2 aromatic carbocycles. The molecule has 1 atom stereocenters. The van der Waals surface area contributed by atoms with Gasteiger partial charge >= 0.3 is 0 Å². The topological polar surface area (TPSA) is 63.3 Å². The Kier molecular flexibility index (Phi) is 7.76. The number of piperazine rings is 1. The summed E-state index contributed by atoms with van der Waals surface area (Å²) in [7, 11) is 4.88. The van der Waals surface area contributed by atoms with Crippen LogP contribution in [0.2, 0.25) is 0 Å². The predicted molar refractivity (Wildman–Crippen MR) is 122 cm³/mol. The average molecular weight is 428 g/mol. The van der Waals surface area contributed by atoms with Crippen LogP contribution in [-0.2, 0) is 11.3 Å². The number of methoxy groups -OCH3 is 3. The molecule has 1 N–H and O–H groups in total. The van der Waals surface area contributed by atoms with Crippen LogP contribution in [0.15, 0.2) is 36.4 Å². The van der Waals surface area contributed by atoms with Gasteiger partial charge in [-0.05, 0) is 37.6 Å². The van der Waals surface area contributed by atoms with Crippen LogP contribution in [0.1, 0.15) is 18.1 Å². The van der Waals surface area contributed by atoms with Crippen LogP contribution in [0, 0.1) is 6.92 Å². The fourth-order valence-corrected chi connectivity index (χ4v) is 3.97. The lowest BCUT2D eigenvalue weighted by molar-refractivity contribution is -0.121. The summed E-state index contributed by atoms with van der Waals surface area (Å²) >= 11 is 0. The molecule has 168 valence electrons. The van der Waals surface area contributed by atoms with Crippen molar-refractivity contribution in [2.24, 2.45) is 0 Å². The van der Waals surface area contributed by atoms with Crippen molar-refractivity contribution in [2.45, 2.75) is 26.4 Å². The number of hydrogen-bond donors (Lipinski definition) is 1. The summed E-state index contributed by atoms with van der Waals surface area (Å²) in [6.45, 7) is 8.15. The molecule has 1 aliphatic heterocycles. The summed E-state index contributed by atoms with van der Waals surface area (Å²) in [5.74, 6) is 2.00. The molecule has 1 fully saturated rings. The van der Waals surface area contributed by atoms with Crippen LogP contribution in [0.5, 0.6) is 17.2 Å². The van der Waals surface area contributed by atoms with Gasteiger partial charge in [0, 0.05) is 44.0 Å². The first kappa shape index (κ1) is 22.9. The maximum absolute atomic E-state index is 12.7. The van der Waals surface area contributed by atoms with Gasteiger partial charge in [-0.1, -0.05) is 18.2 Å². The van der Waals surface area contributed by atoms with E-state index in [0.29, 0.717) is 17.2 Å². The third-order valence-corrected chi connectivity index (χ3v) is 5.80. The Hall–Kier alpha value is -2.77. The monoisotopic (exact) mass is 427 g/mol. The summed E-state index contributed by atoms with van der Waals surface area (Å²) in [6.07, 6.45) is 0. The molecule has 1 amide bonds. The smallest absolute Gasteiger partial charge is 0.241 e. The number of anilines is 1. The Morgan fingerprint density at radius 2 is 1.71 bits per heavy atom. The van der Waals surface area contributed by atoms with E-state index in [-0.39, 0.29) is 11.9 Å². The highest BCUT2D eigenvalue weighted by Crippen LogP contribution is 2.40. The molecule has 0 bridgehead atoms. The molecule has 7 heteroatoms. The number of nitrogens with zero attached hydrogens (tertiary/aromatic N) is 2. The highest BCUT2D eigenvalue weighted by atomic mass is 16.5. The fraction of sp³-hybridized carbons (Fsp3) is 0.458. The van der Waals surface area contributed by atoms with Crippen molar-refractivity contribution in [2.75, 3.05) is 52.8 Å². The van der Waals surface area contributed by atoms with Crippen molar-refractivity contribution in [1.29, 1.82) is 0 Å². The standard InChI is InChI=1S/C24H33N3O4/c1-17-7-6-8-20(15-17)25-24(28)18(2)27-13-11-26(12-14-27)16-19-9-10-21(29-3)23(31-5)22(19)30-4/h6-10,15,18H,11-14,16H2,1-5H3,(H,25,28)/t18-/m0/s1. The zero-order chi connectivity index (χ0) is 22.4. The summed E-state index contributed by atoms with van der Waals surface area (Å²) < 4.78 is 16.5. The van der Waals surface area contributed by atoms with E-state index in [1.54, 1.807) is 21.3 Å². The van der Waals surface area contributed by atoms with Gasteiger partial charge in [-0.15, -0.1) is 0 Å². The Bertz CT molecular complexity index is 894. The van der Waals surface area contributed by atoms with E-state index in [0.717, 1.165) is 49.5 Å². The van der Waals surface area contributed by atoms with Crippen molar-refractivity contribution in [3.05, 3.63) is 47.5 Å². The quantitative estimate of drug-likeness (QED) is 0.698. The lowest BCUT2D eigenvalue weighted by Gasteiger charge is -2.37. The molecule has 0 spiro atoms. The Balaban J connectivity index is 1.58. The highest BCUT2D eigenvalue weighted by Gasteiger charge is 2.26.